The highest BCUT2D eigenvalue weighted by atomic mass is 32.2. The van der Waals surface area contributed by atoms with Gasteiger partial charge in [0.05, 0.1) is 5.60 Å². The zero-order valence-electron chi connectivity index (χ0n) is 11.9. The minimum Gasteiger partial charge on any atom is -0.381 e. The van der Waals surface area contributed by atoms with Crippen LogP contribution in [0.25, 0.3) is 0 Å². The Balaban J connectivity index is 1.47. The summed E-state index contributed by atoms with van der Waals surface area (Å²) < 4.78 is 6.23. The first-order chi connectivity index (χ1) is 9.85. The standard InChI is InChI=1S/C17H23NOS/c1-2-4-15-13(3-1)11-16(18-15)14-5-8-19-17(12-14)6-9-20-10-7-17/h1-4,14,16,18H,5-12H2. The fourth-order valence-corrected chi connectivity index (χ4v) is 5.35. The molecule has 2 nitrogen and oxygen atoms in total. The average molecular weight is 289 g/mol. The van der Waals surface area contributed by atoms with Crippen molar-refractivity contribution in [1.29, 1.82) is 0 Å². The molecule has 3 heteroatoms. The number of hydrogen-bond acceptors (Lipinski definition) is 3. The first-order valence-electron chi connectivity index (χ1n) is 7.91. The van der Waals surface area contributed by atoms with Gasteiger partial charge in [0, 0.05) is 18.3 Å². The molecule has 3 aliphatic heterocycles. The molecule has 1 aromatic rings. The molecule has 3 aliphatic rings. The lowest BCUT2D eigenvalue weighted by Crippen LogP contribution is -2.46. The zero-order valence-corrected chi connectivity index (χ0v) is 12.8. The van der Waals surface area contributed by atoms with Crippen LogP contribution in [-0.2, 0) is 11.2 Å². The Labute approximate surface area is 125 Å². The van der Waals surface area contributed by atoms with Gasteiger partial charge in [0.2, 0.25) is 0 Å². The molecule has 4 rings (SSSR count). The molecule has 0 radical (unpaired) electrons. The van der Waals surface area contributed by atoms with E-state index in [4.69, 9.17) is 4.74 Å². The molecule has 2 atom stereocenters. The van der Waals surface area contributed by atoms with E-state index >= 15 is 0 Å². The highest BCUT2D eigenvalue weighted by Gasteiger charge is 2.42. The Morgan fingerprint density at radius 1 is 1.20 bits per heavy atom. The van der Waals surface area contributed by atoms with E-state index in [1.807, 2.05) is 0 Å². The maximum Gasteiger partial charge on any atom is 0.0701 e. The van der Waals surface area contributed by atoms with Gasteiger partial charge in [-0.15, -0.1) is 0 Å². The van der Waals surface area contributed by atoms with Crippen molar-refractivity contribution >= 4 is 17.4 Å². The van der Waals surface area contributed by atoms with Gasteiger partial charge in [0.25, 0.3) is 0 Å². The number of ether oxygens (including phenoxy) is 1. The van der Waals surface area contributed by atoms with Gasteiger partial charge in [-0.2, -0.15) is 11.8 Å². The summed E-state index contributed by atoms with van der Waals surface area (Å²) in [5.74, 6) is 3.34. The van der Waals surface area contributed by atoms with Crippen molar-refractivity contribution in [2.24, 2.45) is 5.92 Å². The molecule has 108 valence electrons. The summed E-state index contributed by atoms with van der Waals surface area (Å²) in [6.45, 7) is 0.962. The molecule has 0 aromatic heterocycles. The largest absolute Gasteiger partial charge is 0.381 e. The van der Waals surface area contributed by atoms with Gasteiger partial charge in [-0.25, -0.2) is 0 Å². The summed E-state index contributed by atoms with van der Waals surface area (Å²) in [6, 6.07) is 9.42. The van der Waals surface area contributed by atoms with Crippen LogP contribution in [0.3, 0.4) is 0 Å². The molecule has 0 bridgehead atoms. The number of benzene rings is 1. The third-order valence-corrected chi connectivity index (χ3v) is 6.29. The number of para-hydroxylation sites is 1. The predicted molar refractivity (Wildman–Crippen MR) is 85.5 cm³/mol. The van der Waals surface area contributed by atoms with Gasteiger partial charge < -0.3 is 10.1 Å². The van der Waals surface area contributed by atoms with E-state index in [9.17, 15) is 0 Å². The minimum absolute atomic E-state index is 0.213. The number of hydrogen-bond donors (Lipinski definition) is 1. The van der Waals surface area contributed by atoms with Crippen LogP contribution < -0.4 is 5.32 Å². The van der Waals surface area contributed by atoms with Crippen LogP contribution in [0.15, 0.2) is 24.3 Å². The fourth-order valence-electron chi connectivity index (χ4n) is 4.11. The Morgan fingerprint density at radius 3 is 2.90 bits per heavy atom. The van der Waals surface area contributed by atoms with Crippen molar-refractivity contribution in [1.82, 2.24) is 0 Å². The van der Waals surface area contributed by atoms with Crippen molar-refractivity contribution in [3.8, 4) is 0 Å². The van der Waals surface area contributed by atoms with E-state index < -0.39 is 0 Å². The molecule has 0 aliphatic carbocycles. The lowest BCUT2D eigenvalue weighted by atomic mass is 9.78. The lowest BCUT2D eigenvalue weighted by Gasteiger charge is -2.45. The first-order valence-corrected chi connectivity index (χ1v) is 9.06. The second-order valence-electron chi connectivity index (χ2n) is 6.51. The third kappa shape index (κ3) is 2.35. The summed E-state index contributed by atoms with van der Waals surface area (Å²) in [5, 5.41) is 3.77. The first kappa shape index (κ1) is 13.0. The second kappa shape index (κ2) is 5.27. The summed E-state index contributed by atoms with van der Waals surface area (Å²) in [7, 11) is 0. The molecule has 2 unspecified atom stereocenters. The van der Waals surface area contributed by atoms with Crippen LogP contribution in [0.4, 0.5) is 5.69 Å². The third-order valence-electron chi connectivity index (χ3n) is 5.30. The SMILES string of the molecule is c1ccc2c(c1)CC(C1CCOC3(CCSCC3)C1)N2. The van der Waals surface area contributed by atoms with Crippen molar-refractivity contribution in [3.05, 3.63) is 29.8 Å². The maximum absolute atomic E-state index is 6.23. The topological polar surface area (TPSA) is 21.3 Å². The van der Waals surface area contributed by atoms with Gasteiger partial charge in [-0.1, -0.05) is 18.2 Å². The summed E-state index contributed by atoms with van der Waals surface area (Å²) in [4.78, 5) is 0. The van der Waals surface area contributed by atoms with E-state index in [1.165, 1.54) is 54.9 Å². The minimum atomic E-state index is 0.213. The van der Waals surface area contributed by atoms with Gasteiger partial charge in [-0.05, 0) is 61.2 Å². The summed E-state index contributed by atoms with van der Waals surface area (Å²) >= 11 is 2.09. The van der Waals surface area contributed by atoms with E-state index in [-0.39, 0.29) is 5.60 Å². The molecule has 1 aromatic carbocycles. The van der Waals surface area contributed by atoms with E-state index in [1.54, 1.807) is 0 Å². The van der Waals surface area contributed by atoms with Gasteiger partial charge in [0.15, 0.2) is 0 Å². The highest BCUT2D eigenvalue weighted by Crippen LogP contribution is 2.43. The lowest BCUT2D eigenvalue weighted by molar-refractivity contribution is -0.104. The molecule has 0 saturated carbocycles. The predicted octanol–water partition coefficient (Wildman–Crippen LogP) is 3.72. The average Bonchev–Trinajstić information content (AvgIpc) is 2.92. The monoisotopic (exact) mass is 289 g/mol. The quantitative estimate of drug-likeness (QED) is 0.851. The van der Waals surface area contributed by atoms with Crippen LogP contribution in [0.5, 0.6) is 0 Å². The van der Waals surface area contributed by atoms with Gasteiger partial charge in [-0.3, -0.25) is 0 Å². The normalized spacial score (nSPS) is 31.8. The van der Waals surface area contributed by atoms with Crippen LogP contribution >= 0.6 is 11.8 Å². The van der Waals surface area contributed by atoms with Crippen LogP contribution in [0, 0.1) is 5.92 Å². The smallest absolute Gasteiger partial charge is 0.0701 e. The highest BCUT2D eigenvalue weighted by molar-refractivity contribution is 7.99. The Hall–Kier alpha value is -0.670. The molecule has 2 fully saturated rings. The molecule has 3 heterocycles. The van der Waals surface area contributed by atoms with E-state index in [0.717, 1.165) is 12.5 Å². The number of anilines is 1. The molecule has 20 heavy (non-hydrogen) atoms. The fraction of sp³-hybridized carbons (Fsp3) is 0.647. The number of fused-ring (bicyclic) bond motifs is 1. The molecule has 2 saturated heterocycles. The summed E-state index contributed by atoms with van der Waals surface area (Å²) in [6.07, 6.45) is 6.20. The second-order valence-corrected chi connectivity index (χ2v) is 7.73. The van der Waals surface area contributed by atoms with Gasteiger partial charge >= 0.3 is 0 Å². The molecular weight excluding hydrogens is 266 g/mol. The number of rotatable bonds is 1. The van der Waals surface area contributed by atoms with Crippen molar-refractivity contribution < 1.29 is 4.74 Å². The maximum atomic E-state index is 6.23. The van der Waals surface area contributed by atoms with Crippen LogP contribution in [-0.4, -0.2) is 29.8 Å². The van der Waals surface area contributed by atoms with E-state index in [2.05, 4.69) is 41.3 Å². The van der Waals surface area contributed by atoms with Crippen molar-refractivity contribution in [2.75, 3.05) is 23.4 Å². The van der Waals surface area contributed by atoms with E-state index in [0.29, 0.717) is 6.04 Å². The number of nitrogens with one attached hydrogen (secondary N) is 1. The van der Waals surface area contributed by atoms with Crippen LogP contribution in [0.2, 0.25) is 0 Å². The molecule has 0 amide bonds. The molecule has 1 spiro atoms. The van der Waals surface area contributed by atoms with Crippen molar-refractivity contribution in [2.45, 2.75) is 43.7 Å². The Kier molecular flexibility index (Phi) is 3.43. The molecule has 1 N–H and O–H groups in total. The Morgan fingerprint density at radius 2 is 2.05 bits per heavy atom. The van der Waals surface area contributed by atoms with Crippen molar-refractivity contribution in [3.63, 3.8) is 0 Å². The Bertz CT molecular complexity index is 453. The number of thioether (sulfide) groups is 1. The van der Waals surface area contributed by atoms with Gasteiger partial charge in [0.1, 0.15) is 0 Å². The van der Waals surface area contributed by atoms with Crippen LogP contribution in [0.1, 0.15) is 31.2 Å². The summed E-state index contributed by atoms with van der Waals surface area (Å²) in [5.41, 5.74) is 3.07. The molecular formula is C17H23NOS. The zero-order chi connectivity index (χ0) is 13.4.